The Hall–Kier alpha value is -3.53. The molecule has 3 aromatic carbocycles. The van der Waals surface area contributed by atoms with Crippen molar-refractivity contribution in [2.45, 2.75) is 4.90 Å². The molecule has 0 bridgehead atoms. The molecule has 184 valence electrons. The van der Waals surface area contributed by atoms with E-state index in [2.05, 4.69) is 10.3 Å². The van der Waals surface area contributed by atoms with Gasteiger partial charge in [0.15, 0.2) is 0 Å². The van der Waals surface area contributed by atoms with Crippen LogP contribution in [0.25, 0.3) is 10.9 Å². The topological polar surface area (TPSA) is 82.6 Å². The molecule has 1 fully saturated rings. The summed E-state index contributed by atoms with van der Waals surface area (Å²) in [6.07, 6.45) is 1.68. The van der Waals surface area contributed by atoms with Gasteiger partial charge in [0, 0.05) is 59.7 Å². The number of carbonyl (C=O) groups is 1. The minimum atomic E-state index is -3.72. The zero-order valence-corrected chi connectivity index (χ0v) is 20.6. The molecule has 1 N–H and O–H groups in total. The van der Waals surface area contributed by atoms with E-state index in [1.165, 1.54) is 28.6 Å². The number of nitrogens with one attached hydrogen (secondary N) is 1. The number of anilines is 2. The van der Waals surface area contributed by atoms with E-state index >= 15 is 0 Å². The molecule has 0 spiro atoms. The second-order valence-electron chi connectivity index (χ2n) is 8.37. The zero-order valence-electron chi connectivity index (χ0n) is 19.1. The highest BCUT2D eigenvalue weighted by molar-refractivity contribution is 7.89. The Morgan fingerprint density at radius 1 is 0.917 bits per heavy atom. The van der Waals surface area contributed by atoms with Crippen LogP contribution in [-0.4, -0.2) is 54.7 Å². The number of aromatic nitrogens is 1. The minimum Gasteiger partial charge on any atom is -0.355 e. The van der Waals surface area contributed by atoms with Crippen LogP contribution in [-0.2, 0) is 10.0 Å². The number of halogens is 2. The smallest absolute Gasteiger partial charge is 0.253 e. The summed E-state index contributed by atoms with van der Waals surface area (Å²) in [5.74, 6) is -0.656. The predicted molar refractivity (Wildman–Crippen MR) is 138 cm³/mol. The number of nitrogens with zero attached hydrogens (tertiary/aromatic N) is 3. The lowest BCUT2D eigenvalue weighted by atomic mass is 10.2. The number of fused-ring (bicyclic) bond motifs is 1. The fourth-order valence-corrected chi connectivity index (χ4v) is 5.74. The maximum absolute atomic E-state index is 13.2. The first kappa shape index (κ1) is 24.2. The number of pyridine rings is 1. The zero-order chi connectivity index (χ0) is 25.3. The van der Waals surface area contributed by atoms with Crippen molar-refractivity contribution in [3.8, 4) is 0 Å². The summed E-state index contributed by atoms with van der Waals surface area (Å²) in [6.45, 7) is 0.879. The first-order valence-corrected chi connectivity index (χ1v) is 13.1. The number of piperazine rings is 1. The summed E-state index contributed by atoms with van der Waals surface area (Å²) in [7, 11) is -3.72. The maximum Gasteiger partial charge on any atom is 0.253 e. The van der Waals surface area contributed by atoms with Gasteiger partial charge in [-0.15, -0.1) is 0 Å². The van der Waals surface area contributed by atoms with Crippen molar-refractivity contribution in [1.29, 1.82) is 0 Å². The van der Waals surface area contributed by atoms with E-state index in [-0.39, 0.29) is 37.0 Å². The standard InChI is InChI=1S/C26H22ClFN4O3S/c27-19-3-10-23-24(11-12-29-25(23)17-19)30-21-6-8-22(9-7-21)36(34,35)32-15-13-31(14-16-32)26(33)18-1-4-20(28)5-2-18/h1-12,17H,13-16H2,(H,29,30). The lowest BCUT2D eigenvalue weighted by Gasteiger charge is -2.34. The minimum absolute atomic E-state index is 0.178. The van der Waals surface area contributed by atoms with E-state index < -0.39 is 15.8 Å². The lowest BCUT2D eigenvalue weighted by Crippen LogP contribution is -2.50. The van der Waals surface area contributed by atoms with Gasteiger partial charge in [-0.05, 0) is 72.8 Å². The summed E-state index contributed by atoms with van der Waals surface area (Å²) in [5, 5.41) is 4.80. The van der Waals surface area contributed by atoms with Crippen LogP contribution >= 0.6 is 11.6 Å². The fourth-order valence-electron chi connectivity index (χ4n) is 4.15. The van der Waals surface area contributed by atoms with Crippen LogP contribution in [0.3, 0.4) is 0 Å². The van der Waals surface area contributed by atoms with Crippen molar-refractivity contribution in [2.75, 3.05) is 31.5 Å². The molecule has 0 atom stereocenters. The number of sulfonamides is 1. The third kappa shape index (κ3) is 4.90. The van der Waals surface area contributed by atoms with Gasteiger partial charge in [0.2, 0.25) is 10.0 Å². The van der Waals surface area contributed by atoms with Crippen LogP contribution in [0.4, 0.5) is 15.8 Å². The third-order valence-corrected chi connectivity index (χ3v) is 8.24. The van der Waals surface area contributed by atoms with Crippen molar-refractivity contribution in [2.24, 2.45) is 0 Å². The highest BCUT2D eigenvalue weighted by atomic mass is 35.5. The van der Waals surface area contributed by atoms with Crippen molar-refractivity contribution >= 4 is 49.8 Å². The van der Waals surface area contributed by atoms with E-state index in [9.17, 15) is 17.6 Å². The van der Waals surface area contributed by atoms with Gasteiger partial charge in [-0.3, -0.25) is 9.78 Å². The lowest BCUT2D eigenvalue weighted by molar-refractivity contribution is 0.0698. The average molecular weight is 525 g/mol. The number of carbonyl (C=O) groups excluding carboxylic acids is 1. The molecule has 5 rings (SSSR count). The molecule has 36 heavy (non-hydrogen) atoms. The molecule has 10 heteroatoms. The van der Waals surface area contributed by atoms with Crippen LogP contribution in [0, 0.1) is 5.82 Å². The molecule has 2 heterocycles. The Balaban J connectivity index is 1.26. The monoisotopic (exact) mass is 524 g/mol. The molecular formula is C26H22ClFN4O3S. The van der Waals surface area contributed by atoms with E-state index in [0.29, 0.717) is 10.6 Å². The van der Waals surface area contributed by atoms with Crippen molar-refractivity contribution in [1.82, 2.24) is 14.2 Å². The largest absolute Gasteiger partial charge is 0.355 e. The molecular weight excluding hydrogens is 503 g/mol. The summed E-state index contributed by atoms with van der Waals surface area (Å²) >= 11 is 6.06. The molecule has 4 aromatic rings. The van der Waals surface area contributed by atoms with Crippen LogP contribution in [0.1, 0.15) is 10.4 Å². The van der Waals surface area contributed by atoms with Crippen LogP contribution in [0.5, 0.6) is 0 Å². The Morgan fingerprint density at radius 3 is 2.31 bits per heavy atom. The Kier molecular flexibility index (Phi) is 6.61. The SMILES string of the molecule is O=C(c1ccc(F)cc1)N1CCN(S(=O)(=O)c2ccc(Nc3ccnc4cc(Cl)ccc34)cc2)CC1. The Morgan fingerprint density at radius 2 is 1.61 bits per heavy atom. The van der Waals surface area contributed by atoms with E-state index in [4.69, 9.17) is 11.6 Å². The number of amides is 1. The van der Waals surface area contributed by atoms with Gasteiger partial charge in [-0.25, -0.2) is 12.8 Å². The van der Waals surface area contributed by atoms with Crippen LogP contribution in [0.2, 0.25) is 5.02 Å². The first-order chi connectivity index (χ1) is 17.3. The molecule has 0 radical (unpaired) electrons. The summed E-state index contributed by atoms with van der Waals surface area (Å²) in [6, 6.07) is 19.2. The van der Waals surface area contributed by atoms with Gasteiger partial charge < -0.3 is 10.2 Å². The molecule has 0 aliphatic carbocycles. The summed E-state index contributed by atoms with van der Waals surface area (Å²) in [5.41, 5.74) is 2.69. The maximum atomic E-state index is 13.2. The van der Waals surface area contributed by atoms with Crippen LogP contribution in [0.15, 0.2) is 83.9 Å². The normalized spacial score (nSPS) is 14.7. The molecule has 1 saturated heterocycles. The van der Waals surface area contributed by atoms with Gasteiger partial charge in [-0.2, -0.15) is 4.31 Å². The van der Waals surface area contributed by atoms with Gasteiger partial charge in [0.25, 0.3) is 5.91 Å². The number of hydrogen-bond acceptors (Lipinski definition) is 5. The summed E-state index contributed by atoms with van der Waals surface area (Å²) < 4.78 is 40.9. The third-order valence-electron chi connectivity index (χ3n) is 6.09. The van der Waals surface area contributed by atoms with E-state index in [1.807, 2.05) is 12.1 Å². The summed E-state index contributed by atoms with van der Waals surface area (Å²) in [4.78, 5) is 18.7. The first-order valence-electron chi connectivity index (χ1n) is 11.3. The molecule has 1 aliphatic rings. The molecule has 1 amide bonds. The predicted octanol–water partition coefficient (Wildman–Crippen LogP) is 4.92. The van der Waals surface area contributed by atoms with Crippen LogP contribution < -0.4 is 5.32 Å². The van der Waals surface area contributed by atoms with Gasteiger partial charge >= 0.3 is 0 Å². The van der Waals surface area contributed by atoms with Crippen molar-refractivity contribution < 1.29 is 17.6 Å². The fraction of sp³-hybridized carbons (Fsp3) is 0.154. The second kappa shape index (κ2) is 9.85. The molecule has 0 unspecified atom stereocenters. The van der Waals surface area contributed by atoms with Gasteiger partial charge in [0.1, 0.15) is 5.82 Å². The molecule has 1 aliphatic heterocycles. The number of hydrogen-bond donors (Lipinski definition) is 1. The van der Waals surface area contributed by atoms with Gasteiger partial charge in [-0.1, -0.05) is 11.6 Å². The van der Waals surface area contributed by atoms with Crippen molar-refractivity contribution in [3.05, 3.63) is 95.4 Å². The molecule has 7 nitrogen and oxygen atoms in total. The van der Waals surface area contributed by atoms with Gasteiger partial charge in [0.05, 0.1) is 10.4 Å². The van der Waals surface area contributed by atoms with Crippen molar-refractivity contribution in [3.63, 3.8) is 0 Å². The number of benzene rings is 3. The Labute approximate surface area is 213 Å². The highest BCUT2D eigenvalue weighted by Crippen LogP contribution is 2.28. The Bertz CT molecular complexity index is 1520. The molecule has 1 aromatic heterocycles. The highest BCUT2D eigenvalue weighted by Gasteiger charge is 2.30. The van der Waals surface area contributed by atoms with E-state index in [1.54, 1.807) is 47.5 Å². The van der Waals surface area contributed by atoms with E-state index in [0.717, 1.165) is 22.3 Å². The number of rotatable bonds is 5. The quantitative estimate of drug-likeness (QED) is 0.401. The average Bonchev–Trinajstić information content (AvgIpc) is 2.89. The second-order valence-corrected chi connectivity index (χ2v) is 10.7. The molecule has 0 saturated carbocycles.